The Labute approximate surface area is 304 Å². The second-order valence-electron chi connectivity index (χ2n) is 13.6. The van der Waals surface area contributed by atoms with Crippen LogP contribution >= 0.6 is 0 Å². The summed E-state index contributed by atoms with van der Waals surface area (Å²) in [5.74, 6) is 2.88. The second-order valence-corrected chi connectivity index (χ2v) is 13.6. The van der Waals surface area contributed by atoms with E-state index in [1.54, 1.807) is 0 Å². The molecule has 0 saturated heterocycles. The molecule has 0 N–H and O–H groups in total. The molecule has 0 amide bonds. The van der Waals surface area contributed by atoms with E-state index in [9.17, 15) is 0 Å². The maximum atomic E-state index is 6.96. The smallest absolute Gasteiger partial charge is 0.178 e. The Bertz CT molecular complexity index is 2520. The molecule has 0 aromatic heterocycles. The van der Waals surface area contributed by atoms with Gasteiger partial charge in [0.15, 0.2) is 23.0 Å². The van der Waals surface area contributed by atoms with E-state index in [-0.39, 0.29) is 5.92 Å². The largest absolute Gasteiger partial charge is 0.449 e. The summed E-state index contributed by atoms with van der Waals surface area (Å²) in [4.78, 5) is 0. The van der Waals surface area contributed by atoms with E-state index >= 15 is 0 Å². The van der Waals surface area contributed by atoms with Gasteiger partial charge in [-0.25, -0.2) is 0 Å². The topological polar surface area (TPSA) is 18.5 Å². The molecule has 8 aromatic carbocycles. The summed E-state index contributed by atoms with van der Waals surface area (Å²) in [5.41, 5.74) is 12.6. The van der Waals surface area contributed by atoms with E-state index in [0.29, 0.717) is 11.5 Å². The van der Waals surface area contributed by atoms with Crippen LogP contribution in [0.15, 0.2) is 200 Å². The lowest BCUT2D eigenvalue weighted by atomic mass is 9.68. The van der Waals surface area contributed by atoms with E-state index in [0.717, 1.165) is 28.2 Å². The van der Waals surface area contributed by atoms with Gasteiger partial charge < -0.3 is 9.47 Å². The highest BCUT2D eigenvalue weighted by atomic mass is 16.6. The van der Waals surface area contributed by atoms with E-state index in [2.05, 4.69) is 200 Å². The predicted molar refractivity (Wildman–Crippen MR) is 210 cm³/mol. The van der Waals surface area contributed by atoms with Crippen LogP contribution in [-0.2, 0) is 5.41 Å². The monoisotopic (exact) mass is 666 g/mol. The van der Waals surface area contributed by atoms with Gasteiger partial charge >= 0.3 is 0 Å². The normalized spacial score (nSPS) is 13.8. The fourth-order valence-electron chi connectivity index (χ4n) is 8.59. The van der Waals surface area contributed by atoms with Crippen LogP contribution in [-0.4, -0.2) is 0 Å². The average Bonchev–Trinajstić information content (AvgIpc) is 3.53. The molecule has 0 bridgehead atoms. The minimum Gasteiger partial charge on any atom is -0.449 e. The summed E-state index contributed by atoms with van der Waals surface area (Å²) in [6.45, 7) is 0. The summed E-state index contributed by atoms with van der Waals surface area (Å²) in [7, 11) is 0. The highest BCUT2D eigenvalue weighted by Crippen LogP contribution is 2.62. The molecular weight excluding hydrogens is 633 g/mol. The van der Waals surface area contributed by atoms with Crippen LogP contribution in [0.1, 0.15) is 44.9 Å². The Morgan fingerprint density at radius 1 is 0.385 bits per heavy atom. The lowest BCUT2D eigenvalue weighted by Gasteiger charge is -2.34. The molecule has 2 nitrogen and oxygen atoms in total. The zero-order valence-electron chi connectivity index (χ0n) is 28.4. The van der Waals surface area contributed by atoms with Crippen LogP contribution < -0.4 is 9.47 Å². The van der Waals surface area contributed by atoms with Crippen LogP contribution in [0.25, 0.3) is 22.3 Å². The van der Waals surface area contributed by atoms with Crippen LogP contribution in [0.3, 0.4) is 0 Å². The molecule has 0 saturated carbocycles. The van der Waals surface area contributed by atoms with Crippen molar-refractivity contribution in [1.82, 2.24) is 0 Å². The third kappa shape index (κ3) is 4.65. The van der Waals surface area contributed by atoms with E-state index in [4.69, 9.17) is 9.47 Å². The highest BCUT2D eigenvalue weighted by Gasteiger charge is 2.48. The maximum Gasteiger partial charge on any atom is 0.178 e. The van der Waals surface area contributed by atoms with Crippen molar-refractivity contribution < 1.29 is 9.47 Å². The lowest BCUT2D eigenvalue weighted by Crippen LogP contribution is -2.28. The van der Waals surface area contributed by atoms with Crippen LogP contribution in [0, 0.1) is 0 Å². The van der Waals surface area contributed by atoms with Gasteiger partial charge in [0.2, 0.25) is 0 Å². The van der Waals surface area contributed by atoms with Crippen molar-refractivity contribution in [3.63, 3.8) is 0 Å². The summed E-state index contributed by atoms with van der Waals surface area (Å²) in [6.07, 6.45) is 0. The number of hydrogen-bond acceptors (Lipinski definition) is 2. The van der Waals surface area contributed by atoms with Crippen molar-refractivity contribution >= 4 is 0 Å². The first-order valence-electron chi connectivity index (χ1n) is 17.9. The molecule has 2 aliphatic rings. The number of ether oxygens (including phenoxy) is 2. The van der Waals surface area contributed by atoms with Gasteiger partial charge in [0.25, 0.3) is 0 Å². The van der Waals surface area contributed by atoms with E-state index in [1.807, 2.05) is 0 Å². The van der Waals surface area contributed by atoms with Crippen molar-refractivity contribution in [3.05, 3.63) is 239 Å². The fourth-order valence-corrected chi connectivity index (χ4v) is 8.59. The van der Waals surface area contributed by atoms with Gasteiger partial charge in [-0.05, 0) is 73.8 Å². The second kappa shape index (κ2) is 12.3. The third-order valence-corrected chi connectivity index (χ3v) is 10.8. The summed E-state index contributed by atoms with van der Waals surface area (Å²) in [5, 5.41) is 0. The van der Waals surface area contributed by atoms with Gasteiger partial charge in [-0.1, -0.05) is 182 Å². The molecule has 246 valence electrons. The van der Waals surface area contributed by atoms with E-state index in [1.165, 1.54) is 44.5 Å². The zero-order chi connectivity index (χ0) is 34.5. The van der Waals surface area contributed by atoms with Gasteiger partial charge in [0.05, 0.1) is 5.41 Å². The van der Waals surface area contributed by atoms with Gasteiger partial charge in [-0.15, -0.1) is 0 Å². The Morgan fingerprint density at radius 3 is 1.67 bits per heavy atom. The standard InChI is InChI=1S/C50H34O2/c1-5-17-34(18-6-1)39-25-13-14-26-40(39)47(35-19-7-2-8-20-35)36-29-31-44-46(33-36)51-45-32-30-43-48(49(45)52-44)41-27-15-16-28-42(41)50(43,37-21-9-3-10-22-37)38-23-11-4-12-24-38/h1-33,47H. The molecular formula is C50H34O2. The van der Waals surface area contributed by atoms with Gasteiger partial charge in [0, 0.05) is 11.5 Å². The Hall–Kier alpha value is -6.64. The minimum atomic E-state index is -0.508. The summed E-state index contributed by atoms with van der Waals surface area (Å²) in [6, 6.07) is 71.3. The van der Waals surface area contributed by atoms with Gasteiger partial charge in [-0.2, -0.15) is 0 Å². The average molecular weight is 667 g/mol. The van der Waals surface area contributed by atoms with Crippen molar-refractivity contribution in [1.29, 1.82) is 0 Å². The molecule has 1 aliphatic carbocycles. The lowest BCUT2D eigenvalue weighted by molar-refractivity contribution is 0.360. The molecule has 0 radical (unpaired) electrons. The molecule has 0 fully saturated rings. The van der Waals surface area contributed by atoms with Crippen molar-refractivity contribution in [2.24, 2.45) is 0 Å². The summed E-state index contributed by atoms with van der Waals surface area (Å²) >= 11 is 0. The van der Waals surface area contributed by atoms with Crippen LogP contribution in [0.4, 0.5) is 0 Å². The van der Waals surface area contributed by atoms with Crippen molar-refractivity contribution in [2.45, 2.75) is 11.3 Å². The zero-order valence-corrected chi connectivity index (χ0v) is 28.4. The molecule has 1 atom stereocenters. The minimum absolute atomic E-state index is 0.0165. The first-order valence-corrected chi connectivity index (χ1v) is 17.9. The Kier molecular flexibility index (Phi) is 7.14. The molecule has 0 spiro atoms. The molecule has 1 heterocycles. The first-order chi connectivity index (χ1) is 25.8. The van der Waals surface area contributed by atoms with Crippen molar-refractivity contribution in [2.75, 3.05) is 0 Å². The van der Waals surface area contributed by atoms with Crippen LogP contribution in [0.2, 0.25) is 0 Å². The Balaban J connectivity index is 1.12. The quantitative estimate of drug-likeness (QED) is 0.164. The third-order valence-electron chi connectivity index (χ3n) is 10.8. The summed E-state index contributed by atoms with van der Waals surface area (Å²) < 4.78 is 13.8. The van der Waals surface area contributed by atoms with Crippen molar-refractivity contribution in [3.8, 4) is 45.3 Å². The van der Waals surface area contributed by atoms with E-state index < -0.39 is 5.41 Å². The Morgan fingerprint density at radius 2 is 0.962 bits per heavy atom. The molecule has 10 rings (SSSR count). The number of fused-ring (bicyclic) bond motifs is 6. The molecule has 1 aliphatic heterocycles. The predicted octanol–water partition coefficient (Wildman–Crippen LogP) is 12.8. The number of rotatable bonds is 6. The first kappa shape index (κ1) is 30.2. The number of hydrogen-bond donors (Lipinski definition) is 0. The number of benzene rings is 8. The fraction of sp³-hybridized carbons (Fsp3) is 0.0400. The van der Waals surface area contributed by atoms with Crippen LogP contribution in [0.5, 0.6) is 23.0 Å². The molecule has 2 heteroatoms. The maximum absolute atomic E-state index is 6.96. The molecule has 52 heavy (non-hydrogen) atoms. The molecule has 1 unspecified atom stereocenters. The SMILES string of the molecule is c1ccc(-c2ccccc2C(c2ccccc2)c2ccc3c(c2)Oc2ccc4c(c2O3)-c2ccccc2C4(c2ccccc2)c2ccccc2)cc1. The molecule has 8 aromatic rings. The highest BCUT2D eigenvalue weighted by molar-refractivity contribution is 5.92. The van der Waals surface area contributed by atoms with Gasteiger partial charge in [-0.3, -0.25) is 0 Å². The van der Waals surface area contributed by atoms with Gasteiger partial charge in [0.1, 0.15) is 0 Å².